The van der Waals surface area contributed by atoms with Crippen molar-refractivity contribution < 1.29 is 28.6 Å². The second kappa shape index (κ2) is 16.7. The number of carbonyl (C=O) groups excluding carboxylic acids is 1. The topological polar surface area (TPSA) is 131 Å². The number of anilines is 1. The number of carboxylic acids is 1. The van der Waals surface area contributed by atoms with Crippen molar-refractivity contribution in [3.63, 3.8) is 0 Å². The number of amides is 1. The number of fused-ring (bicyclic) bond motifs is 3. The first-order chi connectivity index (χ1) is 28.0. The number of aromatic nitrogens is 3. The molecule has 306 valence electrons. The fraction of sp³-hybridized carbons (Fsp3) is 0.455. The molecule has 4 heterocycles. The maximum Gasteiger partial charge on any atom is 0.309 e. The van der Waals surface area contributed by atoms with Gasteiger partial charge in [0.15, 0.2) is 5.82 Å². The fourth-order valence-corrected chi connectivity index (χ4v) is 10.1. The number of aliphatic carboxylic acids is 1. The maximum atomic E-state index is 15.8. The van der Waals surface area contributed by atoms with E-state index in [1.54, 1.807) is 55.8 Å². The Kier molecular flexibility index (Phi) is 11.7. The summed E-state index contributed by atoms with van der Waals surface area (Å²) in [5.74, 6) is -0.776. The van der Waals surface area contributed by atoms with E-state index in [2.05, 4.69) is 20.5 Å². The molecule has 2 saturated carbocycles. The molecule has 0 atom stereocenters. The Morgan fingerprint density at radius 2 is 1.83 bits per heavy atom. The van der Waals surface area contributed by atoms with Crippen molar-refractivity contribution in [3.8, 4) is 16.9 Å². The summed E-state index contributed by atoms with van der Waals surface area (Å²) in [4.78, 5) is 37.2. The van der Waals surface area contributed by atoms with Gasteiger partial charge in [-0.15, -0.1) is 0 Å². The summed E-state index contributed by atoms with van der Waals surface area (Å²) in [6.07, 6.45) is 10.9. The third kappa shape index (κ3) is 8.01. The van der Waals surface area contributed by atoms with Crippen molar-refractivity contribution in [1.82, 2.24) is 24.8 Å². The average Bonchev–Trinajstić information content (AvgIpc) is 3.92. The summed E-state index contributed by atoms with van der Waals surface area (Å²) in [7, 11) is 3.42. The summed E-state index contributed by atoms with van der Waals surface area (Å²) in [6.45, 7) is 4.39. The molecule has 8 rings (SSSR count). The van der Waals surface area contributed by atoms with Crippen LogP contribution in [0.4, 0.5) is 10.1 Å². The Labute approximate surface area is 347 Å². The van der Waals surface area contributed by atoms with Crippen LogP contribution >= 0.6 is 23.2 Å². The number of nitrogens with one attached hydrogen (secondary N) is 2. The van der Waals surface area contributed by atoms with E-state index in [9.17, 15) is 14.7 Å². The Balaban J connectivity index is 0.938. The van der Waals surface area contributed by atoms with Gasteiger partial charge in [-0.25, -0.2) is 9.37 Å². The molecule has 3 fully saturated rings. The highest BCUT2D eigenvalue weighted by molar-refractivity contribution is 6.39. The Hall–Kier alpha value is -4.33. The normalized spacial score (nSPS) is 22.3. The van der Waals surface area contributed by atoms with Gasteiger partial charge in [-0.05, 0) is 81.0 Å². The van der Waals surface area contributed by atoms with Gasteiger partial charge in [-0.2, -0.15) is 0 Å². The van der Waals surface area contributed by atoms with Crippen LogP contribution in [0.5, 0.6) is 5.75 Å². The van der Waals surface area contributed by atoms with Gasteiger partial charge in [0.2, 0.25) is 0 Å². The molecule has 4 aromatic rings. The number of carbonyl (C=O) groups is 2. The van der Waals surface area contributed by atoms with Crippen LogP contribution < -0.4 is 15.4 Å². The molecule has 2 aliphatic heterocycles. The Morgan fingerprint density at radius 3 is 2.55 bits per heavy atom. The van der Waals surface area contributed by atoms with Crippen molar-refractivity contribution >= 4 is 52.7 Å². The average molecular weight is 832 g/mol. The second-order valence-electron chi connectivity index (χ2n) is 16.4. The predicted molar refractivity (Wildman–Crippen MR) is 223 cm³/mol. The molecule has 3 N–H and O–H groups in total. The number of carboxylic acid groups (broad SMARTS) is 1. The summed E-state index contributed by atoms with van der Waals surface area (Å²) in [6, 6.07) is 12.5. The predicted octanol–water partition coefficient (Wildman–Crippen LogP) is 8.57. The molecule has 0 unspecified atom stereocenters. The Bertz CT molecular complexity index is 2250. The van der Waals surface area contributed by atoms with Gasteiger partial charge in [-0.1, -0.05) is 53.5 Å². The summed E-state index contributed by atoms with van der Waals surface area (Å²) < 4.78 is 28.7. The van der Waals surface area contributed by atoms with Crippen molar-refractivity contribution in [1.29, 1.82) is 0 Å². The zero-order valence-corrected chi connectivity index (χ0v) is 34.4. The second-order valence-corrected chi connectivity index (χ2v) is 17.2. The molecule has 2 aromatic carbocycles. The molecule has 4 aliphatic rings. The third-order valence-electron chi connectivity index (χ3n) is 13.0. The molecule has 2 aliphatic carbocycles. The standard InChI is InChI=1S/C44H49Cl2FN6O5/c1-52-36-9-17-53(18-16-43-12-14-44(26-43,15-13-43)42(55)56)25-35(36)50-40(52)41(54)51-33-8-4-7-31(39(33)46)30-6-3-5-27(38(30)45)21-32(47)34-22-37(57-2)28(24-49-34)23-48-29-10-19-58-20-11-29/h3-8,21-22,24,29,48H,9-20,23,25-26H2,1-2H3,(H,51,54)(H,55,56)/b32-21-. The van der Waals surface area contributed by atoms with E-state index in [1.807, 2.05) is 11.6 Å². The van der Waals surface area contributed by atoms with E-state index in [1.165, 1.54) is 6.08 Å². The molecule has 58 heavy (non-hydrogen) atoms. The lowest BCUT2D eigenvalue weighted by molar-refractivity contribution is -0.148. The molecule has 0 spiro atoms. The number of pyridine rings is 1. The zero-order chi connectivity index (χ0) is 40.6. The van der Waals surface area contributed by atoms with E-state index in [0.717, 1.165) is 101 Å². The highest BCUT2D eigenvalue weighted by atomic mass is 35.5. The van der Waals surface area contributed by atoms with Gasteiger partial charge in [0.25, 0.3) is 5.91 Å². The number of rotatable bonds is 13. The van der Waals surface area contributed by atoms with Crippen LogP contribution in [0.2, 0.25) is 10.0 Å². The molecule has 11 nitrogen and oxygen atoms in total. The molecule has 0 radical (unpaired) electrons. The lowest BCUT2D eigenvalue weighted by Crippen LogP contribution is -2.34. The van der Waals surface area contributed by atoms with Gasteiger partial charge in [0, 0.05) is 87.0 Å². The van der Waals surface area contributed by atoms with E-state index in [0.29, 0.717) is 53.1 Å². The monoisotopic (exact) mass is 830 g/mol. The first-order valence-corrected chi connectivity index (χ1v) is 20.8. The molecule has 14 heteroatoms. The first kappa shape index (κ1) is 40.4. The minimum Gasteiger partial charge on any atom is -0.496 e. The molecular formula is C44H49Cl2FN6O5. The SMILES string of the molecule is COc1cc(/C(F)=C/c2cccc(-c3cccc(NC(=O)c4nc5c(n4C)CCN(CCC46CCC(C(=O)O)(CC4)C6)C5)c3Cl)c2Cl)ncc1CNC1CCOCC1. The maximum absolute atomic E-state index is 15.8. The van der Waals surface area contributed by atoms with Crippen molar-refractivity contribution in [3.05, 3.63) is 92.7 Å². The van der Waals surface area contributed by atoms with E-state index in [-0.39, 0.29) is 27.1 Å². The molecular weight excluding hydrogens is 782 g/mol. The number of imidazole rings is 1. The van der Waals surface area contributed by atoms with Crippen LogP contribution in [-0.4, -0.2) is 75.9 Å². The third-order valence-corrected chi connectivity index (χ3v) is 13.8. The lowest BCUT2D eigenvalue weighted by Gasteiger charge is -2.32. The number of ether oxygens (including phenoxy) is 2. The minimum atomic E-state index is -0.632. The highest BCUT2D eigenvalue weighted by Gasteiger charge is 2.57. The number of nitrogens with zero attached hydrogens (tertiary/aromatic N) is 4. The fourth-order valence-electron chi connectivity index (χ4n) is 9.50. The highest BCUT2D eigenvalue weighted by Crippen LogP contribution is 2.63. The van der Waals surface area contributed by atoms with Crippen LogP contribution in [0.15, 0.2) is 48.7 Å². The van der Waals surface area contributed by atoms with Crippen LogP contribution in [-0.2, 0) is 36.1 Å². The number of hydrogen-bond acceptors (Lipinski definition) is 8. The largest absolute Gasteiger partial charge is 0.496 e. The van der Waals surface area contributed by atoms with E-state index < -0.39 is 17.2 Å². The zero-order valence-electron chi connectivity index (χ0n) is 32.9. The van der Waals surface area contributed by atoms with Gasteiger partial charge in [0.1, 0.15) is 17.3 Å². The summed E-state index contributed by atoms with van der Waals surface area (Å²) >= 11 is 13.9. The summed E-state index contributed by atoms with van der Waals surface area (Å²) in [5.41, 5.74) is 4.43. The number of benzene rings is 2. The van der Waals surface area contributed by atoms with Crippen molar-refractivity contribution in [2.24, 2.45) is 17.9 Å². The lowest BCUT2D eigenvalue weighted by atomic mass is 9.80. The van der Waals surface area contributed by atoms with Crippen LogP contribution in [0.1, 0.15) is 90.2 Å². The van der Waals surface area contributed by atoms with Crippen molar-refractivity contribution in [2.75, 3.05) is 38.7 Å². The van der Waals surface area contributed by atoms with E-state index in [4.69, 9.17) is 37.7 Å². The molecule has 2 aromatic heterocycles. The minimum absolute atomic E-state index is 0.116. The number of hydrogen-bond donors (Lipinski definition) is 3. The van der Waals surface area contributed by atoms with Gasteiger partial charge >= 0.3 is 5.97 Å². The van der Waals surface area contributed by atoms with Gasteiger partial charge in [0.05, 0.1) is 34.0 Å². The van der Waals surface area contributed by atoms with Crippen LogP contribution in [0.3, 0.4) is 0 Å². The number of halogens is 3. The van der Waals surface area contributed by atoms with Crippen molar-refractivity contribution in [2.45, 2.75) is 76.9 Å². The van der Waals surface area contributed by atoms with Gasteiger partial charge < -0.3 is 29.8 Å². The summed E-state index contributed by atoms with van der Waals surface area (Å²) in [5, 5.41) is 16.9. The first-order valence-electron chi connectivity index (χ1n) is 20.1. The van der Waals surface area contributed by atoms with E-state index >= 15 is 4.39 Å². The van der Waals surface area contributed by atoms with Crippen LogP contribution in [0, 0.1) is 10.8 Å². The number of methoxy groups -OCH3 is 1. The van der Waals surface area contributed by atoms with Gasteiger partial charge in [-0.3, -0.25) is 19.5 Å². The van der Waals surface area contributed by atoms with Crippen LogP contribution in [0.25, 0.3) is 23.0 Å². The Morgan fingerprint density at radius 1 is 1.09 bits per heavy atom. The molecule has 2 bridgehead atoms. The molecule has 1 saturated heterocycles. The molecule has 1 amide bonds. The smallest absolute Gasteiger partial charge is 0.309 e. The quantitative estimate of drug-likeness (QED) is 0.121.